The van der Waals surface area contributed by atoms with Crippen LogP contribution in [0.1, 0.15) is 12.5 Å². The molecular formula is C13H14BrFN2S. The fraction of sp³-hybridized carbons (Fsp3) is 0.231. The van der Waals surface area contributed by atoms with Crippen molar-refractivity contribution in [2.75, 3.05) is 11.1 Å². The van der Waals surface area contributed by atoms with Gasteiger partial charge < -0.3 is 11.1 Å². The zero-order valence-electron chi connectivity index (χ0n) is 9.91. The first kappa shape index (κ1) is 13.4. The molecule has 1 unspecified atom stereocenters. The molecule has 3 N–H and O–H groups in total. The summed E-state index contributed by atoms with van der Waals surface area (Å²) >= 11 is 4.85. The maximum Gasteiger partial charge on any atom is 0.139 e. The van der Waals surface area contributed by atoms with Gasteiger partial charge in [-0.05, 0) is 57.7 Å². The molecule has 1 aromatic carbocycles. The van der Waals surface area contributed by atoms with Gasteiger partial charge in [0.25, 0.3) is 0 Å². The predicted octanol–water partition coefficient (Wildman–Crippen LogP) is 4.28. The SMILES string of the molecule is CC(Cc1ccsc1)Nc1cc(Br)c(F)cc1N. The van der Waals surface area contributed by atoms with E-state index in [-0.39, 0.29) is 11.9 Å². The van der Waals surface area contributed by atoms with Crippen LogP contribution in [-0.4, -0.2) is 6.04 Å². The zero-order chi connectivity index (χ0) is 13.1. The van der Waals surface area contributed by atoms with E-state index in [0.29, 0.717) is 10.2 Å². The lowest BCUT2D eigenvalue weighted by Crippen LogP contribution is -2.18. The van der Waals surface area contributed by atoms with E-state index in [9.17, 15) is 4.39 Å². The number of benzene rings is 1. The lowest BCUT2D eigenvalue weighted by atomic mass is 10.1. The molecule has 0 amide bonds. The Kier molecular flexibility index (Phi) is 4.24. The van der Waals surface area contributed by atoms with Crippen LogP contribution in [0.25, 0.3) is 0 Å². The Morgan fingerprint density at radius 1 is 1.50 bits per heavy atom. The van der Waals surface area contributed by atoms with E-state index in [2.05, 4.69) is 45.0 Å². The molecule has 0 bridgehead atoms. The standard InChI is InChI=1S/C13H14BrFN2S/c1-8(4-9-2-3-18-7-9)17-13-5-10(14)11(15)6-12(13)16/h2-3,5-8,17H,4,16H2,1H3. The molecule has 2 nitrogen and oxygen atoms in total. The van der Waals surface area contributed by atoms with Gasteiger partial charge in [0.05, 0.1) is 15.8 Å². The number of hydrogen-bond acceptors (Lipinski definition) is 3. The van der Waals surface area contributed by atoms with Crippen LogP contribution in [0, 0.1) is 5.82 Å². The first-order valence-corrected chi connectivity index (χ1v) is 7.32. The maximum absolute atomic E-state index is 13.2. The Hall–Kier alpha value is -1.07. The molecule has 0 fully saturated rings. The average molecular weight is 329 g/mol. The van der Waals surface area contributed by atoms with E-state index in [1.54, 1.807) is 17.4 Å². The van der Waals surface area contributed by atoms with E-state index >= 15 is 0 Å². The molecule has 1 atom stereocenters. The molecule has 1 aromatic heterocycles. The van der Waals surface area contributed by atoms with Gasteiger partial charge in [0.1, 0.15) is 5.82 Å². The number of thiophene rings is 1. The molecule has 0 saturated carbocycles. The minimum Gasteiger partial charge on any atom is -0.397 e. The van der Waals surface area contributed by atoms with E-state index < -0.39 is 0 Å². The van der Waals surface area contributed by atoms with Crippen LogP contribution in [0.3, 0.4) is 0 Å². The summed E-state index contributed by atoms with van der Waals surface area (Å²) in [6.07, 6.45) is 0.915. The lowest BCUT2D eigenvalue weighted by Gasteiger charge is -2.16. The Morgan fingerprint density at radius 3 is 2.94 bits per heavy atom. The van der Waals surface area contributed by atoms with Crippen molar-refractivity contribution in [1.82, 2.24) is 0 Å². The van der Waals surface area contributed by atoms with Gasteiger partial charge in [-0.25, -0.2) is 4.39 Å². The molecule has 96 valence electrons. The summed E-state index contributed by atoms with van der Waals surface area (Å²) < 4.78 is 13.7. The minimum absolute atomic E-state index is 0.235. The van der Waals surface area contributed by atoms with Gasteiger partial charge in [-0.15, -0.1) is 0 Å². The van der Waals surface area contributed by atoms with E-state index in [0.717, 1.165) is 12.1 Å². The van der Waals surface area contributed by atoms with Crippen LogP contribution in [0.2, 0.25) is 0 Å². The summed E-state index contributed by atoms with van der Waals surface area (Å²) in [7, 11) is 0. The highest BCUT2D eigenvalue weighted by molar-refractivity contribution is 9.10. The monoisotopic (exact) mass is 328 g/mol. The van der Waals surface area contributed by atoms with Crippen LogP contribution >= 0.6 is 27.3 Å². The molecule has 5 heteroatoms. The van der Waals surface area contributed by atoms with Crippen molar-refractivity contribution < 1.29 is 4.39 Å². The van der Waals surface area contributed by atoms with Crippen LogP contribution in [-0.2, 0) is 6.42 Å². The molecule has 2 rings (SSSR count). The third-order valence-electron chi connectivity index (χ3n) is 2.62. The van der Waals surface area contributed by atoms with Crippen molar-refractivity contribution >= 4 is 38.6 Å². The molecule has 0 spiro atoms. The molecular weight excluding hydrogens is 315 g/mol. The second kappa shape index (κ2) is 5.71. The van der Waals surface area contributed by atoms with E-state index in [1.165, 1.54) is 11.6 Å². The van der Waals surface area contributed by atoms with Gasteiger partial charge in [-0.2, -0.15) is 11.3 Å². The fourth-order valence-electron chi connectivity index (χ4n) is 1.77. The molecule has 0 aliphatic carbocycles. The molecule has 1 heterocycles. The zero-order valence-corrected chi connectivity index (χ0v) is 12.3. The molecule has 0 saturated heterocycles. The Balaban J connectivity index is 2.07. The molecule has 0 aliphatic heterocycles. The van der Waals surface area contributed by atoms with Crippen LogP contribution < -0.4 is 11.1 Å². The van der Waals surface area contributed by atoms with Gasteiger partial charge >= 0.3 is 0 Å². The van der Waals surface area contributed by atoms with Crippen LogP contribution in [0.5, 0.6) is 0 Å². The number of nitrogen functional groups attached to an aromatic ring is 1. The van der Waals surface area contributed by atoms with Crippen molar-refractivity contribution in [2.24, 2.45) is 0 Å². The summed E-state index contributed by atoms with van der Waals surface area (Å²) in [6.45, 7) is 2.08. The lowest BCUT2D eigenvalue weighted by molar-refractivity contribution is 0.622. The van der Waals surface area contributed by atoms with Gasteiger partial charge in [-0.1, -0.05) is 0 Å². The Bertz CT molecular complexity index is 528. The number of hydrogen-bond donors (Lipinski definition) is 2. The smallest absolute Gasteiger partial charge is 0.139 e. The number of halogens is 2. The summed E-state index contributed by atoms with van der Waals surface area (Å²) in [4.78, 5) is 0. The van der Waals surface area contributed by atoms with Gasteiger partial charge in [0.15, 0.2) is 0 Å². The Morgan fingerprint density at radius 2 is 2.28 bits per heavy atom. The predicted molar refractivity (Wildman–Crippen MR) is 79.6 cm³/mol. The van der Waals surface area contributed by atoms with E-state index in [4.69, 9.17) is 5.73 Å². The molecule has 0 radical (unpaired) electrons. The van der Waals surface area contributed by atoms with Crippen LogP contribution in [0.4, 0.5) is 15.8 Å². The summed E-state index contributed by atoms with van der Waals surface area (Å²) in [6, 6.07) is 5.34. The summed E-state index contributed by atoms with van der Waals surface area (Å²) in [5.74, 6) is -0.344. The highest BCUT2D eigenvalue weighted by Gasteiger charge is 2.09. The molecule has 2 aromatic rings. The van der Waals surface area contributed by atoms with Crippen molar-refractivity contribution in [3.63, 3.8) is 0 Å². The highest BCUT2D eigenvalue weighted by atomic mass is 79.9. The third kappa shape index (κ3) is 3.23. The summed E-state index contributed by atoms with van der Waals surface area (Å²) in [5, 5.41) is 7.49. The number of nitrogens with two attached hydrogens (primary N) is 1. The van der Waals surface area contributed by atoms with Crippen molar-refractivity contribution in [3.8, 4) is 0 Å². The second-order valence-electron chi connectivity index (χ2n) is 4.23. The normalized spacial score (nSPS) is 12.4. The first-order chi connectivity index (χ1) is 8.56. The topological polar surface area (TPSA) is 38.0 Å². The number of anilines is 2. The maximum atomic E-state index is 13.2. The van der Waals surface area contributed by atoms with Crippen molar-refractivity contribution in [1.29, 1.82) is 0 Å². The summed E-state index contributed by atoms with van der Waals surface area (Å²) in [5.41, 5.74) is 8.26. The van der Waals surface area contributed by atoms with Crippen molar-refractivity contribution in [3.05, 3.63) is 44.8 Å². The highest BCUT2D eigenvalue weighted by Crippen LogP contribution is 2.27. The van der Waals surface area contributed by atoms with Gasteiger partial charge in [0, 0.05) is 12.1 Å². The largest absolute Gasteiger partial charge is 0.397 e. The second-order valence-corrected chi connectivity index (χ2v) is 5.87. The molecule has 18 heavy (non-hydrogen) atoms. The van der Waals surface area contributed by atoms with E-state index in [1.807, 2.05) is 0 Å². The fourth-order valence-corrected chi connectivity index (χ4v) is 2.79. The van der Waals surface area contributed by atoms with Gasteiger partial charge in [0.2, 0.25) is 0 Å². The molecule has 0 aliphatic rings. The first-order valence-electron chi connectivity index (χ1n) is 5.58. The third-order valence-corrected chi connectivity index (χ3v) is 3.96. The number of nitrogens with one attached hydrogen (secondary N) is 1. The van der Waals surface area contributed by atoms with Crippen molar-refractivity contribution in [2.45, 2.75) is 19.4 Å². The Labute approximate surface area is 118 Å². The number of rotatable bonds is 4. The average Bonchev–Trinajstić information content (AvgIpc) is 2.78. The van der Waals surface area contributed by atoms with Crippen LogP contribution in [0.15, 0.2) is 33.4 Å². The quantitative estimate of drug-likeness (QED) is 0.822. The van der Waals surface area contributed by atoms with Gasteiger partial charge in [-0.3, -0.25) is 0 Å². The minimum atomic E-state index is -0.344.